The maximum Gasteiger partial charge on any atom is 0.225 e. The predicted molar refractivity (Wildman–Crippen MR) is 72.7 cm³/mol. The summed E-state index contributed by atoms with van der Waals surface area (Å²) >= 11 is 0. The number of nitrogens with zero attached hydrogens (tertiary/aromatic N) is 1. The number of hydrogen-bond acceptors (Lipinski definition) is 3. The number of carbonyl (C=O) groups excluding carboxylic acids is 1. The molecule has 1 unspecified atom stereocenters. The molecule has 0 aromatic heterocycles. The summed E-state index contributed by atoms with van der Waals surface area (Å²) in [7, 11) is 5.21. The van der Waals surface area contributed by atoms with Crippen molar-refractivity contribution in [2.24, 2.45) is 0 Å². The van der Waals surface area contributed by atoms with Gasteiger partial charge in [-0.1, -0.05) is 6.07 Å². The molecule has 1 amide bonds. The van der Waals surface area contributed by atoms with E-state index >= 15 is 0 Å². The van der Waals surface area contributed by atoms with E-state index in [1.54, 1.807) is 20.2 Å². The molecule has 0 aliphatic carbocycles. The van der Waals surface area contributed by atoms with E-state index in [2.05, 4.69) is 5.32 Å². The van der Waals surface area contributed by atoms with Gasteiger partial charge in [-0.2, -0.15) is 0 Å². The molecule has 0 radical (unpaired) electrons. The molecule has 1 atom stereocenters. The number of benzene rings is 1. The summed E-state index contributed by atoms with van der Waals surface area (Å²) in [6.45, 7) is 2.20. The summed E-state index contributed by atoms with van der Waals surface area (Å²) < 4.78 is 18.8. The molecule has 0 bridgehead atoms. The van der Waals surface area contributed by atoms with Gasteiger partial charge in [0.15, 0.2) is 0 Å². The Labute approximate surface area is 113 Å². The van der Waals surface area contributed by atoms with Crippen molar-refractivity contribution in [1.82, 2.24) is 10.2 Å². The first-order valence-electron chi connectivity index (χ1n) is 6.25. The highest BCUT2D eigenvalue weighted by Crippen LogP contribution is 2.26. The molecule has 1 aromatic carbocycles. The Morgan fingerprint density at radius 1 is 1.47 bits per heavy atom. The summed E-state index contributed by atoms with van der Waals surface area (Å²) in [6.07, 6.45) is 0.275. The molecule has 0 spiro atoms. The average molecular weight is 268 g/mol. The van der Waals surface area contributed by atoms with Crippen LogP contribution in [0.15, 0.2) is 18.2 Å². The molecule has 1 N–H and O–H groups in total. The van der Waals surface area contributed by atoms with Crippen molar-refractivity contribution in [3.63, 3.8) is 0 Å². The number of halogens is 1. The van der Waals surface area contributed by atoms with Crippen LogP contribution in [0.1, 0.15) is 24.9 Å². The Bertz CT molecular complexity index is 435. The minimum atomic E-state index is -0.346. The van der Waals surface area contributed by atoms with Crippen molar-refractivity contribution in [3.8, 4) is 5.75 Å². The molecule has 0 aliphatic rings. The molecule has 0 aliphatic heterocycles. The molecule has 4 nitrogen and oxygen atoms in total. The van der Waals surface area contributed by atoms with E-state index in [1.165, 1.54) is 17.0 Å². The third-order valence-electron chi connectivity index (χ3n) is 2.95. The lowest BCUT2D eigenvalue weighted by atomic mass is 10.1. The van der Waals surface area contributed by atoms with Gasteiger partial charge >= 0.3 is 0 Å². The molecule has 106 valence electrons. The lowest BCUT2D eigenvalue weighted by Gasteiger charge is -2.17. The van der Waals surface area contributed by atoms with Crippen LogP contribution in [-0.2, 0) is 4.79 Å². The Kier molecular flexibility index (Phi) is 5.76. The molecule has 0 heterocycles. The fourth-order valence-electron chi connectivity index (χ4n) is 1.62. The average Bonchev–Trinajstić information content (AvgIpc) is 2.37. The summed E-state index contributed by atoms with van der Waals surface area (Å²) in [6, 6.07) is 4.50. The van der Waals surface area contributed by atoms with E-state index in [4.69, 9.17) is 4.74 Å². The number of hydrogen-bond donors (Lipinski definition) is 1. The summed E-state index contributed by atoms with van der Waals surface area (Å²) in [5, 5.41) is 3.08. The third-order valence-corrected chi connectivity index (χ3v) is 2.95. The number of rotatable bonds is 6. The topological polar surface area (TPSA) is 41.6 Å². The lowest BCUT2D eigenvalue weighted by Crippen LogP contribution is -2.23. The number of nitrogens with one attached hydrogen (secondary N) is 1. The van der Waals surface area contributed by atoms with Gasteiger partial charge < -0.3 is 15.0 Å². The first-order valence-corrected chi connectivity index (χ1v) is 6.25. The zero-order valence-electron chi connectivity index (χ0n) is 11.9. The summed E-state index contributed by atoms with van der Waals surface area (Å²) in [4.78, 5) is 12.9. The first kappa shape index (κ1) is 15.4. The number of amides is 1. The van der Waals surface area contributed by atoms with Crippen LogP contribution in [0.25, 0.3) is 0 Å². The molecule has 0 saturated carbocycles. The fraction of sp³-hybridized carbons (Fsp3) is 0.500. The smallest absolute Gasteiger partial charge is 0.225 e. The van der Waals surface area contributed by atoms with E-state index in [9.17, 15) is 9.18 Å². The van der Waals surface area contributed by atoms with Gasteiger partial charge in [-0.15, -0.1) is 0 Å². The van der Waals surface area contributed by atoms with Crippen molar-refractivity contribution in [3.05, 3.63) is 29.6 Å². The lowest BCUT2D eigenvalue weighted by molar-refractivity contribution is -0.129. The number of ether oxygens (including phenoxy) is 1. The molecule has 5 heteroatoms. The van der Waals surface area contributed by atoms with Gasteiger partial charge in [-0.3, -0.25) is 4.79 Å². The highest BCUT2D eigenvalue weighted by atomic mass is 19.1. The summed E-state index contributed by atoms with van der Waals surface area (Å²) in [5.41, 5.74) is 0.876. The van der Waals surface area contributed by atoms with Crippen LogP contribution in [0.4, 0.5) is 4.39 Å². The normalized spacial score (nSPS) is 12.1. The van der Waals surface area contributed by atoms with Crippen LogP contribution >= 0.6 is 0 Å². The Morgan fingerprint density at radius 3 is 2.74 bits per heavy atom. The van der Waals surface area contributed by atoms with E-state index in [0.717, 1.165) is 5.56 Å². The monoisotopic (exact) mass is 268 g/mol. The highest BCUT2D eigenvalue weighted by Gasteiger charge is 2.12. The van der Waals surface area contributed by atoms with Gasteiger partial charge in [0.1, 0.15) is 11.6 Å². The molecule has 19 heavy (non-hydrogen) atoms. The second kappa shape index (κ2) is 7.09. The summed E-state index contributed by atoms with van der Waals surface area (Å²) in [5.74, 6) is 0.119. The van der Waals surface area contributed by atoms with Gasteiger partial charge in [0.2, 0.25) is 5.91 Å². The standard InChI is InChI=1S/C14H21FN2O2/c1-10(16-2)12-6-5-11(15)9-13(12)19-8-7-14(18)17(3)4/h5-6,9-10,16H,7-8H2,1-4H3. The zero-order valence-corrected chi connectivity index (χ0v) is 11.9. The van der Waals surface area contributed by atoms with Crippen molar-refractivity contribution in [2.75, 3.05) is 27.7 Å². The van der Waals surface area contributed by atoms with Crippen LogP contribution in [0.2, 0.25) is 0 Å². The van der Waals surface area contributed by atoms with Crippen LogP contribution < -0.4 is 10.1 Å². The van der Waals surface area contributed by atoms with Crippen molar-refractivity contribution in [1.29, 1.82) is 0 Å². The minimum absolute atomic E-state index is 0.0142. The van der Waals surface area contributed by atoms with Gasteiger partial charge in [0.05, 0.1) is 13.0 Å². The van der Waals surface area contributed by atoms with Crippen molar-refractivity contribution >= 4 is 5.91 Å². The zero-order chi connectivity index (χ0) is 14.4. The predicted octanol–water partition coefficient (Wildman–Crippen LogP) is 1.96. The molecular formula is C14H21FN2O2. The first-order chi connectivity index (χ1) is 8.95. The Morgan fingerprint density at radius 2 is 2.16 bits per heavy atom. The second-order valence-corrected chi connectivity index (χ2v) is 4.58. The van der Waals surface area contributed by atoms with Crippen LogP contribution in [0.3, 0.4) is 0 Å². The van der Waals surface area contributed by atoms with Crippen molar-refractivity contribution < 1.29 is 13.9 Å². The van der Waals surface area contributed by atoms with Gasteiger partial charge in [-0.25, -0.2) is 4.39 Å². The molecule has 0 fully saturated rings. The van der Waals surface area contributed by atoms with E-state index in [1.807, 2.05) is 14.0 Å². The van der Waals surface area contributed by atoms with Gasteiger partial charge in [0.25, 0.3) is 0 Å². The molecule has 1 aromatic rings. The van der Waals surface area contributed by atoms with Gasteiger partial charge in [-0.05, 0) is 20.0 Å². The van der Waals surface area contributed by atoms with Crippen molar-refractivity contribution in [2.45, 2.75) is 19.4 Å². The van der Waals surface area contributed by atoms with E-state index < -0.39 is 0 Å². The van der Waals surface area contributed by atoms with Crippen LogP contribution in [0, 0.1) is 5.82 Å². The molecular weight excluding hydrogens is 247 g/mol. The largest absolute Gasteiger partial charge is 0.493 e. The fourth-order valence-corrected chi connectivity index (χ4v) is 1.62. The van der Waals surface area contributed by atoms with Crippen LogP contribution in [-0.4, -0.2) is 38.6 Å². The van der Waals surface area contributed by atoms with E-state index in [0.29, 0.717) is 5.75 Å². The third kappa shape index (κ3) is 4.52. The quantitative estimate of drug-likeness (QED) is 0.857. The molecule has 0 saturated heterocycles. The van der Waals surface area contributed by atoms with Crippen LogP contribution in [0.5, 0.6) is 5.75 Å². The Balaban J connectivity index is 2.71. The van der Waals surface area contributed by atoms with Gasteiger partial charge in [0, 0.05) is 31.8 Å². The Hall–Kier alpha value is -1.62. The van der Waals surface area contributed by atoms with E-state index in [-0.39, 0.29) is 30.8 Å². The maximum atomic E-state index is 13.3. The number of carbonyl (C=O) groups is 1. The minimum Gasteiger partial charge on any atom is -0.493 e. The highest BCUT2D eigenvalue weighted by molar-refractivity contribution is 5.75. The SMILES string of the molecule is CNC(C)c1ccc(F)cc1OCCC(=O)N(C)C. The second-order valence-electron chi connectivity index (χ2n) is 4.58. The maximum absolute atomic E-state index is 13.3. The molecule has 1 rings (SSSR count).